The number of aliphatic hydroxyl groups is 1. The number of hydrogen-bond donors (Lipinski definition) is 3. The molecule has 0 heterocycles. The molecule has 0 bridgehead atoms. The van der Waals surface area contributed by atoms with Crippen molar-refractivity contribution >= 4 is 17.9 Å². The van der Waals surface area contributed by atoms with Crippen LogP contribution < -0.4 is 10.6 Å². The van der Waals surface area contributed by atoms with Crippen LogP contribution in [0.5, 0.6) is 0 Å². The summed E-state index contributed by atoms with van der Waals surface area (Å²) < 4.78 is 5.05. The van der Waals surface area contributed by atoms with Crippen molar-refractivity contribution in [3.05, 3.63) is 35.4 Å². The monoisotopic (exact) mass is 334 g/mol. The van der Waals surface area contributed by atoms with Crippen LogP contribution in [0.1, 0.15) is 48.5 Å². The van der Waals surface area contributed by atoms with Gasteiger partial charge in [-0.15, -0.1) is 0 Å². The van der Waals surface area contributed by atoms with Gasteiger partial charge in [-0.3, -0.25) is 10.1 Å². The van der Waals surface area contributed by atoms with Crippen molar-refractivity contribution < 1.29 is 24.2 Å². The Morgan fingerprint density at radius 1 is 1.21 bits per heavy atom. The number of imide groups is 1. The van der Waals surface area contributed by atoms with Gasteiger partial charge in [0, 0.05) is 6.04 Å². The number of carbonyl (C=O) groups excluding carboxylic acids is 3. The van der Waals surface area contributed by atoms with E-state index < -0.39 is 24.0 Å². The average molecular weight is 334 g/mol. The molecule has 2 rings (SSSR count). The third-order valence-electron chi connectivity index (χ3n) is 3.95. The Morgan fingerprint density at radius 3 is 2.42 bits per heavy atom. The molecule has 7 nitrogen and oxygen atoms in total. The van der Waals surface area contributed by atoms with Gasteiger partial charge < -0.3 is 15.2 Å². The lowest BCUT2D eigenvalue weighted by Gasteiger charge is -2.15. The number of benzene rings is 1. The molecule has 1 saturated carbocycles. The number of hydrogen-bond acceptors (Lipinski definition) is 5. The highest BCUT2D eigenvalue weighted by Gasteiger charge is 2.23. The fraction of sp³-hybridized carbons (Fsp3) is 0.471. The molecule has 0 spiro atoms. The molecule has 3 N–H and O–H groups in total. The second-order valence-electron chi connectivity index (χ2n) is 5.85. The highest BCUT2D eigenvalue weighted by Crippen LogP contribution is 2.17. The van der Waals surface area contributed by atoms with E-state index in [0.29, 0.717) is 5.56 Å². The molecule has 0 aromatic heterocycles. The topological polar surface area (TPSA) is 105 Å². The predicted molar refractivity (Wildman–Crippen MR) is 86.2 cm³/mol. The highest BCUT2D eigenvalue weighted by atomic mass is 16.5. The Hall–Kier alpha value is -2.41. The second kappa shape index (κ2) is 8.44. The molecule has 0 radical (unpaired) electrons. The normalized spacial score (nSPS) is 15.6. The summed E-state index contributed by atoms with van der Waals surface area (Å²) >= 11 is 0. The molecule has 1 aliphatic carbocycles. The minimum atomic E-state index is -1.09. The number of aliphatic hydroxyl groups excluding tert-OH is 1. The van der Waals surface area contributed by atoms with Crippen LogP contribution in [0.2, 0.25) is 0 Å². The highest BCUT2D eigenvalue weighted by molar-refractivity contribution is 5.98. The van der Waals surface area contributed by atoms with Crippen LogP contribution in [0.25, 0.3) is 0 Å². The van der Waals surface area contributed by atoms with Gasteiger partial charge in [-0.1, -0.05) is 25.0 Å². The van der Waals surface area contributed by atoms with Gasteiger partial charge in [0.25, 0.3) is 5.91 Å². The number of esters is 1. The first-order valence-corrected chi connectivity index (χ1v) is 8.01. The van der Waals surface area contributed by atoms with Gasteiger partial charge in [-0.25, -0.2) is 9.59 Å². The molecule has 0 saturated heterocycles. The van der Waals surface area contributed by atoms with E-state index in [4.69, 9.17) is 9.84 Å². The summed E-state index contributed by atoms with van der Waals surface area (Å²) in [6.07, 6.45) is 2.87. The molecule has 1 aromatic carbocycles. The zero-order valence-electron chi connectivity index (χ0n) is 13.6. The summed E-state index contributed by atoms with van der Waals surface area (Å²) in [4.78, 5) is 35.6. The van der Waals surface area contributed by atoms with Crippen molar-refractivity contribution in [2.45, 2.75) is 51.4 Å². The van der Waals surface area contributed by atoms with Crippen molar-refractivity contribution in [1.29, 1.82) is 0 Å². The smallest absolute Gasteiger partial charge is 0.338 e. The van der Waals surface area contributed by atoms with E-state index in [2.05, 4.69) is 10.6 Å². The summed E-state index contributed by atoms with van der Waals surface area (Å²) in [6.45, 7) is 1.28. The van der Waals surface area contributed by atoms with Crippen molar-refractivity contribution in [3.63, 3.8) is 0 Å². The van der Waals surface area contributed by atoms with Gasteiger partial charge in [0.1, 0.15) is 0 Å². The number of nitrogens with one attached hydrogen (secondary N) is 2. The number of urea groups is 1. The summed E-state index contributed by atoms with van der Waals surface area (Å²) in [7, 11) is 0. The third-order valence-corrected chi connectivity index (χ3v) is 3.95. The number of ether oxygens (including phenoxy) is 1. The fourth-order valence-corrected chi connectivity index (χ4v) is 2.53. The second-order valence-corrected chi connectivity index (χ2v) is 5.85. The number of rotatable bonds is 5. The first-order valence-electron chi connectivity index (χ1n) is 8.01. The standard InChI is InChI=1S/C17H22N2O5/c1-11(15(21)19-17(23)18-14-4-2-3-5-14)24-16(22)13-8-6-12(10-20)7-9-13/h6-9,11,14,20H,2-5,10H2,1H3,(H2,18,19,21,23)/t11-/m1/s1. The summed E-state index contributed by atoms with van der Waals surface area (Å²) in [6, 6.07) is 5.73. The van der Waals surface area contributed by atoms with E-state index in [1.54, 1.807) is 12.1 Å². The first kappa shape index (κ1) is 17.9. The minimum Gasteiger partial charge on any atom is -0.449 e. The van der Waals surface area contributed by atoms with Crippen LogP contribution in [0, 0.1) is 0 Å². The van der Waals surface area contributed by atoms with Crippen LogP contribution in [-0.2, 0) is 16.1 Å². The molecule has 1 atom stereocenters. The Morgan fingerprint density at radius 2 is 1.83 bits per heavy atom. The zero-order valence-corrected chi connectivity index (χ0v) is 13.6. The molecule has 0 aliphatic heterocycles. The van der Waals surface area contributed by atoms with E-state index in [-0.39, 0.29) is 18.2 Å². The molecule has 130 valence electrons. The molecule has 1 aliphatic rings. The zero-order chi connectivity index (χ0) is 17.5. The Bertz CT molecular complexity index is 594. The molecule has 24 heavy (non-hydrogen) atoms. The molecule has 1 aromatic rings. The molecular weight excluding hydrogens is 312 g/mol. The molecule has 0 unspecified atom stereocenters. The van der Waals surface area contributed by atoms with Gasteiger partial charge in [0.15, 0.2) is 6.10 Å². The third kappa shape index (κ3) is 5.06. The van der Waals surface area contributed by atoms with E-state index in [9.17, 15) is 14.4 Å². The Kier molecular flexibility index (Phi) is 6.31. The van der Waals surface area contributed by atoms with Crippen LogP contribution in [0.4, 0.5) is 4.79 Å². The van der Waals surface area contributed by atoms with Gasteiger partial charge in [0.2, 0.25) is 0 Å². The van der Waals surface area contributed by atoms with Crippen molar-refractivity contribution in [3.8, 4) is 0 Å². The Balaban J connectivity index is 1.81. The minimum absolute atomic E-state index is 0.0979. The van der Waals surface area contributed by atoms with Crippen molar-refractivity contribution in [2.24, 2.45) is 0 Å². The summed E-state index contributed by atoms with van der Waals surface area (Å²) in [5.74, 6) is -1.34. The average Bonchev–Trinajstić information content (AvgIpc) is 3.07. The van der Waals surface area contributed by atoms with Crippen LogP contribution in [-0.4, -0.2) is 35.2 Å². The van der Waals surface area contributed by atoms with Crippen LogP contribution in [0.15, 0.2) is 24.3 Å². The predicted octanol–water partition coefficient (Wildman–Crippen LogP) is 1.49. The van der Waals surface area contributed by atoms with E-state index >= 15 is 0 Å². The quantitative estimate of drug-likeness (QED) is 0.708. The van der Waals surface area contributed by atoms with E-state index in [1.807, 2.05) is 0 Å². The molecule has 7 heteroatoms. The number of carbonyl (C=O) groups is 3. The SMILES string of the molecule is C[C@@H](OC(=O)c1ccc(CO)cc1)C(=O)NC(=O)NC1CCCC1. The summed E-state index contributed by atoms with van der Waals surface area (Å²) in [5, 5.41) is 13.9. The summed E-state index contributed by atoms with van der Waals surface area (Å²) in [5.41, 5.74) is 0.934. The van der Waals surface area contributed by atoms with E-state index in [1.165, 1.54) is 19.1 Å². The lowest BCUT2D eigenvalue weighted by atomic mass is 10.1. The van der Waals surface area contributed by atoms with E-state index in [0.717, 1.165) is 25.7 Å². The molecule has 3 amide bonds. The maximum absolute atomic E-state index is 12.0. The molecule has 1 fully saturated rings. The lowest BCUT2D eigenvalue weighted by molar-refractivity contribution is -0.127. The van der Waals surface area contributed by atoms with Crippen molar-refractivity contribution in [2.75, 3.05) is 0 Å². The number of amides is 3. The van der Waals surface area contributed by atoms with Crippen LogP contribution >= 0.6 is 0 Å². The first-order chi connectivity index (χ1) is 11.5. The van der Waals surface area contributed by atoms with Gasteiger partial charge >= 0.3 is 12.0 Å². The van der Waals surface area contributed by atoms with Crippen LogP contribution in [0.3, 0.4) is 0 Å². The largest absolute Gasteiger partial charge is 0.449 e. The molecular formula is C17H22N2O5. The lowest BCUT2D eigenvalue weighted by Crippen LogP contribution is -2.47. The van der Waals surface area contributed by atoms with Gasteiger partial charge in [-0.2, -0.15) is 0 Å². The Labute approximate surface area is 140 Å². The fourth-order valence-electron chi connectivity index (χ4n) is 2.53. The van der Waals surface area contributed by atoms with Gasteiger partial charge in [0.05, 0.1) is 12.2 Å². The maximum atomic E-state index is 12.0. The van der Waals surface area contributed by atoms with Gasteiger partial charge in [-0.05, 0) is 37.5 Å². The maximum Gasteiger partial charge on any atom is 0.338 e. The van der Waals surface area contributed by atoms with Crippen molar-refractivity contribution in [1.82, 2.24) is 10.6 Å².